The molecule has 0 saturated carbocycles. The lowest BCUT2D eigenvalue weighted by atomic mass is 10.1. The van der Waals surface area contributed by atoms with Gasteiger partial charge in [-0.15, -0.1) is 0 Å². The lowest BCUT2D eigenvalue weighted by molar-refractivity contribution is 0.529. The summed E-state index contributed by atoms with van der Waals surface area (Å²) in [6, 6.07) is 1.55. The van der Waals surface area contributed by atoms with Crippen LogP contribution in [-0.4, -0.2) is 35.2 Å². The Morgan fingerprint density at radius 1 is 1.40 bits per heavy atom. The maximum absolute atomic E-state index is 12.1. The van der Waals surface area contributed by atoms with Crippen LogP contribution in [0.1, 0.15) is 32.0 Å². The minimum atomic E-state index is -3.25. The summed E-state index contributed by atoms with van der Waals surface area (Å²) in [5.74, 6) is -0.0690. The number of aromatic nitrogens is 2. The maximum Gasteiger partial charge on any atom is 0.267 e. The van der Waals surface area contributed by atoms with Gasteiger partial charge in [-0.05, 0) is 26.3 Å². The van der Waals surface area contributed by atoms with Crippen LogP contribution >= 0.6 is 0 Å². The van der Waals surface area contributed by atoms with E-state index in [0.29, 0.717) is 6.54 Å². The number of nitrogens with one attached hydrogen (secondary N) is 1. The van der Waals surface area contributed by atoms with Gasteiger partial charge in [-0.1, -0.05) is 0 Å². The first-order chi connectivity index (χ1) is 9.21. The molecule has 112 valence electrons. The molecule has 0 aromatic carbocycles. The van der Waals surface area contributed by atoms with Crippen molar-refractivity contribution < 1.29 is 8.42 Å². The van der Waals surface area contributed by atoms with Crippen LogP contribution in [0.2, 0.25) is 0 Å². The topological polar surface area (TPSA) is 81.1 Å². The quantitative estimate of drug-likeness (QED) is 0.856. The summed E-state index contributed by atoms with van der Waals surface area (Å²) in [5.41, 5.74) is 1.56. The third kappa shape index (κ3) is 3.09. The Morgan fingerprint density at radius 2 is 2.10 bits per heavy atom. The number of fused-ring (bicyclic) bond motifs is 1. The Morgan fingerprint density at radius 3 is 2.75 bits per heavy atom. The molecule has 20 heavy (non-hydrogen) atoms. The molecule has 6 nitrogen and oxygen atoms in total. The molecule has 0 amide bonds. The van der Waals surface area contributed by atoms with E-state index in [4.69, 9.17) is 0 Å². The van der Waals surface area contributed by atoms with Gasteiger partial charge >= 0.3 is 0 Å². The second kappa shape index (κ2) is 5.29. The first kappa shape index (κ1) is 15.2. The highest BCUT2D eigenvalue weighted by Crippen LogP contribution is 2.16. The SMILES string of the molecule is CC(C)(C)S(=O)(=O)CCn1nc2c(cc1=O)CNCC2. The minimum absolute atomic E-state index is 0.0690. The first-order valence-corrected chi connectivity index (χ1v) is 8.39. The second-order valence-electron chi connectivity index (χ2n) is 6.04. The third-order valence-electron chi connectivity index (χ3n) is 3.52. The Balaban J connectivity index is 2.21. The molecule has 0 radical (unpaired) electrons. The van der Waals surface area contributed by atoms with Crippen molar-refractivity contribution in [2.75, 3.05) is 12.3 Å². The van der Waals surface area contributed by atoms with Crippen LogP contribution in [0.15, 0.2) is 10.9 Å². The summed E-state index contributed by atoms with van der Waals surface area (Å²) >= 11 is 0. The van der Waals surface area contributed by atoms with Crippen molar-refractivity contribution in [1.29, 1.82) is 0 Å². The van der Waals surface area contributed by atoms with E-state index >= 15 is 0 Å². The zero-order valence-electron chi connectivity index (χ0n) is 12.1. The number of hydrogen-bond acceptors (Lipinski definition) is 5. The molecule has 0 atom stereocenters. The molecule has 0 unspecified atom stereocenters. The van der Waals surface area contributed by atoms with Crippen LogP contribution in [0.3, 0.4) is 0 Å². The van der Waals surface area contributed by atoms with Gasteiger partial charge in [0.2, 0.25) is 0 Å². The van der Waals surface area contributed by atoms with Gasteiger partial charge in [0.25, 0.3) is 5.56 Å². The zero-order valence-corrected chi connectivity index (χ0v) is 13.0. The fourth-order valence-corrected chi connectivity index (χ4v) is 3.06. The van der Waals surface area contributed by atoms with E-state index in [-0.39, 0.29) is 17.9 Å². The number of aryl methyl sites for hydroxylation is 1. The monoisotopic (exact) mass is 299 g/mol. The van der Waals surface area contributed by atoms with E-state index in [0.717, 1.165) is 24.2 Å². The van der Waals surface area contributed by atoms with Crippen LogP contribution < -0.4 is 10.9 Å². The summed E-state index contributed by atoms with van der Waals surface area (Å²) in [6.45, 7) is 6.58. The van der Waals surface area contributed by atoms with Crippen molar-refractivity contribution in [2.45, 2.75) is 45.0 Å². The number of nitrogens with zero attached hydrogens (tertiary/aromatic N) is 2. The smallest absolute Gasteiger partial charge is 0.267 e. The molecule has 1 aliphatic heterocycles. The highest BCUT2D eigenvalue weighted by molar-refractivity contribution is 7.92. The van der Waals surface area contributed by atoms with Gasteiger partial charge in [-0.25, -0.2) is 13.1 Å². The molecule has 7 heteroatoms. The standard InChI is InChI=1S/C13H21N3O3S/c1-13(2,3)20(18,19)7-6-16-12(17)8-10-9-14-5-4-11(10)15-16/h8,14H,4-7,9H2,1-3H3. The molecule has 1 aromatic rings. The van der Waals surface area contributed by atoms with Gasteiger partial charge in [0.1, 0.15) is 0 Å². The largest absolute Gasteiger partial charge is 0.312 e. The van der Waals surface area contributed by atoms with Gasteiger partial charge in [0.15, 0.2) is 9.84 Å². The fourth-order valence-electron chi connectivity index (χ4n) is 2.03. The number of rotatable bonds is 3. The maximum atomic E-state index is 12.1. The van der Waals surface area contributed by atoms with E-state index in [9.17, 15) is 13.2 Å². The van der Waals surface area contributed by atoms with E-state index in [2.05, 4.69) is 10.4 Å². The highest BCUT2D eigenvalue weighted by Gasteiger charge is 2.28. The van der Waals surface area contributed by atoms with Gasteiger partial charge in [-0.2, -0.15) is 5.10 Å². The fraction of sp³-hybridized carbons (Fsp3) is 0.692. The lowest BCUT2D eigenvalue weighted by Crippen LogP contribution is -2.36. The Kier molecular flexibility index (Phi) is 4.02. The van der Waals surface area contributed by atoms with Gasteiger partial charge in [-0.3, -0.25) is 4.79 Å². The zero-order chi connectivity index (χ0) is 15.0. The molecule has 1 aliphatic rings. The molecule has 0 aliphatic carbocycles. The molecule has 1 aromatic heterocycles. The van der Waals surface area contributed by atoms with E-state index in [1.165, 1.54) is 4.68 Å². The molecule has 2 heterocycles. The average Bonchev–Trinajstić information content (AvgIpc) is 2.35. The van der Waals surface area contributed by atoms with Crippen molar-refractivity contribution in [3.8, 4) is 0 Å². The molecule has 0 bridgehead atoms. The van der Waals surface area contributed by atoms with Crippen molar-refractivity contribution in [3.63, 3.8) is 0 Å². The number of hydrogen-bond donors (Lipinski definition) is 1. The van der Waals surface area contributed by atoms with Crippen LogP contribution in [0.5, 0.6) is 0 Å². The lowest BCUT2D eigenvalue weighted by Gasteiger charge is -2.20. The minimum Gasteiger partial charge on any atom is -0.312 e. The van der Waals surface area contributed by atoms with Crippen molar-refractivity contribution in [1.82, 2.24) is 15.1 Å². The van der Waals surface area contributed by atoms with E-state index in [1.54, 1.807) is 26.8 Å². The summed E-state index contributed by atoms with van der Waals surface area (Å²) in [6.07, 6.45) is 0.766. The Labute approximate surface area is 119 Å². The average molecular weight is 299 g/mol. The Hall–Kier alpha value is -1.21. The molecular weight excluding hydrogens is 278 g/mol. The van der Waals surface area contributed by atoms with Gasteiger partial charge in [0, 0.05) is 25.6 Å². The Bertz CT molecular complexity index is 656. The van der Waals surface area contributed by atoms with Crippen LogP contribution in [-0.2, 0) is 29.3 Å². The summed E-state index contributed by atoms with van der Waals surface area (Å²) in [5, 5.41) is 7.48. The summed E-state index contributed by atoms with van der Waals surface area (Å²) in [7, 11) is -3.25. The van der Waals surface area contributed by atoms with Crippen molar-refractivity contribution in [3.05, 3.63) is 27.7 Å². The molecule has 0 fully saturated rings. The molecule has 1 N–H and O–H groups in total. The number of sulfone groups is 1. The van der Waals surface area contributed by atoms with Gasteiger partial charge in [0.05, 0.1) is 22.7 Å². The van der Waals surface area contributed by atoms with Crippen LogP contribution in [0.4, 0.5) is 0 Å². The van der Waals surface area contributed by atoms with E-state index in [1.807, 2.05) is 0 Å². The molecule has 0 saturated heterocycles. The predicted molar refractivity (Wildman–Crippen MR) is 77.4 cm³/mol. The molecule has 0 spiro atoms. The highest BCUT2D eigenvalue weighted by atomic mass is 32.2. The van der Waals surface area contributed by atoms with Crippen LogP contribution in [0, 0.1) is 0 Å². The second-order valence-corrected chi connectivity index (χ2v) is 8.90. The normalized spacial score (nSPS) is 15.9. The third-order valence-corrected chi connectivity index (χ3v) is 6.11. The van der Waals surface area contributed by atoms with Crippen molar-refractivity contribution >= 4 is 9.84 Å². The summed E-state index contributed by atoms with van der Waals surface area (Å²) in [4.78, 5) is 11.9. The summed E-state index contributed by atoms with van der Waals surface area (Å²) < 4.78 is 24.6. The molecule has 2 rings (SSSR count). The first-order valence-electron chi connectivity index (χ1n) is 6.74. The van der Waals surface area contributed by atoms with Gasteiger partial charge < -0.3 is 5.32 Å². The van der Waals surface area contributed by atoms with Crippen LogP contribution in [0.25, 0.3) is 0 Å². The molecular formula is C13H21N3O3S. The van der Waals surface area contributed by atoms with Crippen molar-refractivity contribution in [2.24, 2.45) is 0 Å². The van der Waals surface area contributed by atoms with E-state index < -0.39 is 14.6 Å². The predicted octanol–water partition coefficient (Wildman–Crippen LogP) is 0.102.